The number of hydrogen-bond acceptors (Lipinski definition) is 2. The molecular formula is C14H22ClFN2O. The van der Waals surface area contributed by atoms with Gasteiger partial charge in [-0.25, -0.2) is 4.39 Å². The maximum Gasteiger partial charge on any atom is 0.225 e. The van der Waals surface area contributed by atoms with Crippen LogP contribution in [0.3, 0.4) is 0 Å². The first-order valence-corrected chi connectivity index (χ1v) is 6.18. The molecule has 1 aromatic rings. The standard InChI is InChI=1S/C14H21FN2O.ClH/c1-11(14(18)17(3)8-7-16-2)9-12-5-4-6-13(15)10-12;/h4-6,10-11,16H,7-9H2,1-3H3;1H. The van der Waals surface area contributed by atoms with Crippen LogP contribution in [-0.2, 0) is 11.2 Å². The molecule has 1 atom stereocenters. The van der Waals surface area contributed by atoms with Crippen molar-refractivity contribution >= 4 is 18.3 Å². The van der Waals surface area contributed by atoms with Crippen molar-refractivity contribution in [1.82, 2.24) is 10.2 Å². The highest BCUT2D eigenvalue weighted by atomic mass is 35.5. The molecule has 0 aromatic heterocycles. The summed E-state index contributed by atoms with van der Waals surface area (Å²) in [5, 5.41) is 3.01. The smallest absolute Gasteiger partial charge is 0.225 e. The number of likely N-dealkylation sites (N-methyl/N-ethyl adjacent to an activating group) is 2. The Balaban J connectivity index is 0.00000324. The summed E-state index contributed by atoms with van der Waals surface area (Å²) < 4.78 is 13.0. The van der Waals surface area contributed by atoms with Gasteiger partial charge in [0.1, 0.15) is 5.82 Å². The van der Waals surface area contributed by atoms with Crippen LogP contribution < -0.4 is 5.32 Å². The number of carbonyl (C=O) groups excluding carboxylic acids is 1. The zero-order chi connectivity index (χ0) is 13.5. The Kier molecular flexibility index (Phi) is 8.35. The van der Waals surface area contributed by atoms with Gasteiger partial charge in [-0.1, -0.05) is 19.1 Å². The first kappa shape index (κ1) is 17.9. The molecule has 0 heterocycles. The van der Waals surface area contributed by atoms with Gasteiger partial charge >= 0.3 is 0 Å². The van der Waals surface area contributed by atoms with E-state index in [0.717, 1.165) is 12.1 Å². The summed E-state index contributed by atoms with van der Waals surface area (Å²) >= 11 is 0. The lowest BCUT2D eigenvalue weighted by molar-refractivity contribution is -0.133. The molecule has 0 aliphatic heterocycles. The number of nitrogens with zero attached hydrogens (tertiary/aromatic N) is 1. The molecule has 5 heteroatoms. The summed E-state index contributed by atoms with van der Waals surface area (Å²) in [5.74, 6) is -0.293. The third-order valence-corrected chi connectivity index (χ3v) is 2.93. The van der Waals surface area contributed by atoms with Crippen LogP contribution in [-0.4, -0.2) is 38.0 Å². The van der Waals surface area contributed by atoms with Crippen LogP contribution in [0.25, 0.3) is 0 Å². The highest BCUT2D eigenvalue weighted by molar-refractivity contribution is 5.85. The van der Waals surface area contributed by atoms with Gasteiger partial charge < -0.3 is 10.2 Å². The second-order valence-corrected chi connectivity index (χ2v) is 4.60. The molecule has 1 rings (SSSR count). The normalized spacial score (nSPS) is 11.6. The minimum absolute atomic E-state index is 0. The molecule has 108 valence electrons. The van der Waals surface area contributed by atoms with Crippen molar-refractivity contribution in [3.63, 3.8) is 0 Å². The van der Waals surface area contributed by atoms with Crippen LogP contribution in [0.1, 0.15) is 12.5 Å². The number of hydrogen-bond donors (Lipinski definition) is 1. The lowest BCUT2D eigenvalue weighted by Crippen LogP contribution is -2.36. The Hall–Kier alpha value is -1.13. The molecule has 0 aliphatic carbocycles. The molecule has 0 aliphatic rings. The summed E-state index contributed by atoms with van der Waals surface area (Å²) in [6.45, 7) is 3.33. The largest absolute Gasteiger partial charge is 0.344 e. The maximum atomic E-state index is 13.0. The van der Waals surface area contributed by atoms with Gasteiger partial charge in [-0.15, -0.1) is 12.4 Å². The van der Waals surface area contributed by atoms with E-state index in [1.54, 1.807) is 18.0 Å². The van der Waals surface area contributed by atoms with Gasteiger partial charge in [-0.3, -0.25) is 4.79 Å². The Labute approximate surface area is 120 Å². The third kappa shape index (κ3) is 6.03. The predicted molar refractivity (Wildman–Crippen MR) is 78.1 cm³/mol. The lowest BCUT2D eigenvalue weighted by Gasteiger charge is -2.21. The van der Waals surface area contributed by atoms with Crippen LogP contribution in [0.5, 0.6) is 0 Å². The molecule has 1 N–H and O–H groups in total. The predicted octanol–water partition coefficient (Wildman–Crippen LogP) is 2.10. The summed E-state index contributed by atoms with van der Waals surface area (Å²) in [7, 11) is 3.65. The van der Waals surface area contributed by atoms with Gasteiger partial charge in [0.25, 0.3) is 0 Å². The van der Waals surface area contributed by atoms with E-state index < -0.39 is 0 Å². The van der Waals surface area contributed by atoms with Gasteiger partial charge in [0.2, 0.25) is 5.91 Å². The van der Waals surface area contributed by atoms with Gasteiger partial charge in [-0.05, 0) is 31.2 Å². The molecule has 0 saturated carbocycles. The van der Waals surface area contributed by atoms with Crippen LogP contribution >= 0.6 is 12.4 Å². The average molecular weight is 289 g/mol. The van der Waals surface area contributed by atoms with Gasteiger partial charge in [0.05, 0.1) is 0 Å². The Morgan fingerprint density at radius 1 is 1.47 bits per heavy atom. The molecule has 1 unspecified atom stereocenters. The SMILES string of the molecule is CNCCN(C)C(=O)C(C)Cc1cccc(F)c1.Cl. The molecule has 1 aromatic carbocycles. The van der Waals surface area contributed by atoms with E-state index in [2.05, 4.69) is 5.32 Å². The first-order valence-electron chi connectivity index (χ1n) is 6.18. The first-order chi connectivity index (χ1) is 8.54. The van der Waals surface area contributed by atoms with Crippen LogP contribution in [0.4, 0.5) is 4.39 Å². The molecule has 3 nitrogen and oxygen atoms in total. The number of rotatable bonds is 6. The summed E-state index contributed by atoms with van der Waals surface area (Å²) in [6.07, 6.45) is 0.570. The van der Waals surface area contributed by atoms with E-state index in [1.165, 1.54) is 12.1 Å². The van der Waals surface area contributed by atoms with E-state index in [9.17, 15) is 9.18 Å². The molecule has 0 fully saturated rings. The topological polar surface area (TPSA) is 32.3 Å². The highest BCUT2D eigenvalue weighted by Crippen LogP contribution is 2.12. The minimum atomic E-state index is -0.254. The zero-order valence-corrected chi connectivity index (χ0v) is 12.5. The summed E-state index contributed by atoms with van der Waals surface area (Å²) in [4.78, 5) is 13.8. The number of benzene rings is 1. The Morgan fingerprint density at radius 2 is 2.16 bits per heavy atom. The zero-order valence-electron chi connectivity index (χ0n) is 11.6. The van der Waals surface area contributed by atoms with Gasteiger partial charge in [0, 0.05) is 26.1 Å². The van der Waals surface area contributed by atoms with E-state index in [0.29, 0.717) is 13.0 Å². The molecule has 0 bridgehead atoms. The average Bonchev–Trinajstić information content (AvgIpc) is 2.35. The van der Waals surface area contributed by atoms with Gasteiger partial charge in [0.15, 0.2) is 0 Å². The molecule has 0 saturated heterocycles. The lowest BCUT2D eigenvalue weighted by atomic mass is 10.00. The van der Waals surface area contributed by atoms with Crippen molar-refractivity contribution in [3.8, 4) is 0 Å². The fourth-order valence-corrected chi connectivity index (χ4v) is 1.87. The molecule has 0 radical (unpaired) electrons. The number of carbonyl (C=O) groups is 1. The monoisotopic (exact) mass is 288 g/mol. The van der Waals surface area contributed by atoms with E-state index in [4.69, 9.17) is 0 Å². The second-order valence-electron chi connectivity index (χ2n) is 4.60. The van der Waals surface area contributed by atoms with Crippen molar-refractivity contribution in [2.75, 3.05) is 27.2 Å². The number of halogens is 2. The van der Waals surface area contributed by atoms with Crippen molar-refractivity contribution in [1.29, 1.82) is 0 Å². The van der Waals surface area contributed by atoms with Crippen molar-refractivity contribution in [2.45, 2.75) is 13.3 Å². The van der Waals surface area contributed by atoms with E-state index in [1.807, 2.05) is 20.0 Å². The van der Waals surface area contributed by atoms with Crippen LogP contribution in [0.2, 0.25) is 0 Å². The fourth-order valence-electron chi connectivity index (χ4n) is 1.87. The fraction of sp³-hybridized carbons (Fsp3) is 0.500. The molecule has 1 amide bonds. The van der Waals surface area contributed by atoms with E-state index in [-0.39, 0.29) is 30.0 Å². The van der Waals surface area contributed by atoms with E-state index >= 15 is 0 Å². The number of amides is 1. The van der Waals surface area contributed by atoms with Crippen molar-refractivity contribution < 1.29 is 9.18 Å². The Morgan fingerprint density at radius 3 is 2.74 bits per heavy atom. The molecule has 19 heavy (non-hydrogen) atoms. The number of nitrogens with one attached hydrogen (secondary N) is 1. The van der Waals surface area contributed by atoms with Crippen molar-refractivity contribution in [2.24, 2.45) is 5.92 Å². The van der Waals surface area contributed by atoms with Gasteiger partial charge in [-0.2, -0.15) is 0 Å². The molecule has 0 spiro atoms. The summed E-state index contributed by atoms with van der Waals surface area (Å²) in [5.41, 5.74) is 0.859. The van der Waals surface area contributed by atoms with Crippen molar-refractivity contribution in [3.05, 3.63) is 35.6 Å². The van der Waals surface area contributed by atoms with Crippen LogP contribution in [0, 0.1) is 11.7 Å². The maximum absolute atomic E-state index is 13.0. The van der Waals surface area contributed by atoms with Crippen LogP contribution in [0.15, 0.2) is 24.3 Å². The third-order valence-electron chi connectivity index (χ3n) is 2.93. The Bertz CT molecular complexity index is 401. The minimum Gasteiger partial charge on any atom is -0.344 e. The highest BCUT2D eigenvalue weighted by Gasteiger charge is 2.17. The quantitative estimate of drug-likeness (QED) is 0.869. The summed E-state index contributed by atoms with van der Waals surface area (Å²) in [6, 6.07) is 6.42. The molecular weight excluding hydrogens is 267 g/mol. The second kappa shape index (κ2) is 8.88.